The Morgan fingerprint density at radius 2 is 2.14 bits per heavy atom. The van der Waals surface area contributed by atoms with Crippen LogP contribution < -0.4 is 5.73 Å². The summed E-state index contributed by atoms with van der Waals surface area (Å²) < 4.78 is 12.9. The molecule has 0 aliphatic heterocycles. The minimum absolute atomic E-state index is 0.244. The Hall–Kier alpha value is -0.930. The highest BCUT2D eigenvalue weighted by atomic mass is 19.1. The van der Waals surface area contributed by atoms with E-state index >= 15 is 0 Å². The van der Waals surface area contributed by atoms with Gasteiger partial charge in [-0.1, -0.05) is 19.1 Å². The third-order valence-electron chi connectivity index (χ3n) is 2.40. The molecule has 0 radical (unpaired) electrons. The van der Waals surface area contributed by atoms with Crippen molar-refractivity contribution in [3.63, 3.8) is 0 Å². The first-order valence-electron chi connectivity index (χ1n) is 4.76. The number of hydrogen-bond donors (Lipinski definition) is 2. The second-order valence-electron chi connectivity index (χ2n) is 3.51. The summed E-state index contributed by atoms with van der Waals surface area (Å²) in [5.74, 6) is -0.244. The molecule has 1 rings (SSSR count). The van der Waals surface area contributed by atoms with Crippen LogP contribution in [0.4, 0.5) is 4.39 Å². The van der Waals surface area contributed by atoms with Crippen LogP contribution in [-0.4, -0.2) is 11.2 Å². The number of aryl methyl sites for hydroxylation is 1. The number of rotatable bonds is 3. The lowest BCUT2D eigenvalue weighted by molar-refractivity contribution is 0.140. The van der Waals surface area contributed by atoms with Gasteiger partial charge in [-0.2, -0.15) is 0 Å². The fraction of sp³-hybridized carbons (Fsp3) is 0.455. The zero-order chi connectivity index (χ0) is 10.7. The largest absolute Gasteiger partial charge is 0.391 e. The van der Waals surface area contributed by atoms with Crippen molar-refractivity contribution in [2.75, 3.05) is 0 Å². The Labute approximate surface area is 83.6 Å². The summed E-state index contributed by atoms with van der Waals surface area (Å²) in [6.45, 7) is 3.55. The molecular weight excluding hydrogens is 181 g/mol. The van der Waals surface area contributed by atoms with Gasteiger partial charge in [0.15, 0.2) is 0 Å². The summed E-state index contributed by atoms with van der Waals surface area (Å²) in [6, 6.07) is 4.25. The molecule has 0 amide bonds. The van der Waals surface area contributed by atoms with Gasteiger partial charge in [-0.05, 0) is 30.5 Å². The van der Waals surface area contributed by atoms with Gasteiger partial charge >= 0.3 is 0 Å². The van der Waals surface area contributed by atoms with Crippen LogP contribution >= 0.6 is 0 Å². The number of hydrogen-bond acceptors (Lipinski definition) is 2. The molecule has 1 aromatic carbocycles. The van der Waals surface area contributed by atoms with Crippen LogP contribution in [0.1, 0.15) is 30.5 Å². The summed E-state index contributed by atoms with van der Waals surface area (Å²) in [5, 5.41) is 9.52. The first kappa shape index (κ1) is 11.1. The van der Waals surface area contributed by atoms with Gasteiger partial charge in [-0.3, -0.25) is 0 Å². The van der Waals surface area contributed by atoms with E-state index in [-0.39, 0.29) is 5.82 Å². The monoisotopic (exact) mass is 197 g/mol. The van der Waals surface area contributed by atoms with Crippen molar-refractivity contribution in [2.24, 2.45) is 5.73 Å². The van der Waals surface area contributed by atoms with Crippen molar-refractivity contribution in [2.45, 2.75) is 32.4 Å². The van der Waals surface area contributed by atoms with Gasteiger partial charge in [-0.15, -0.1) is 0 Å². The molecule has 78 valence electrons. The van der Waals surface area contributed by atoms with E-state index in [9.17, 15) is 9.50 Å². The minimum atomic E-state index is -0.570. The maximum Gasteiger partial charge on any atom is 0.126 e. The predicted molar refractivity (Wildman–Crippen MR) is 54.4 cm³/mol. The molecule has 0 saturated heterocycles. The number of aliphatic hydroxyl groups is 1. The van der Waals surface area contributed by atoms with Crippen molar-refractivity contribution >= 4 is 0 Å². The van der Waals surface area contributed by atoms with Crippen LogP contribution in [0.3, 0.4) is 0 Å². The molecule has 1 aromatic rings. The van der Waals surface area contributed by atoms with Crippen LogP contribution in [0.2, 0.25) is 0 Å². The molecule has 0 unspecified atom stereocenters. The molecule has 14 heavy (non-hydrogen) atoms. The fourth-order valence-electron chi connectivity index (χ4n) is 1.35. The molecule has 0 saturated carbocycles. The van der Waals surface area contributed by atoms with Gasteiger partial charge in [0, 0.05) is 0 Å². The standard InChI is InChI=1S/C11H16FNO/c1-3-10(14)11(13)8-4-5-9(12)7(2)6-8/h4-6,10-11,14H,3,13H2,1-2H3/t10-,11+/m0/s1. The SMILES string of the molecule is CC[C@H](O)[C@H](N)c1ccc(F)c(C)c1. The number of benzene rings is 1. The highest BCUT2D eigenvalue weighted by Crippen LogP contribution is 2.18. The highest BCUT2D eigenvalue weighted by molar-refractivity contribution is 5.26. The molecule has 0 aliphatic rings. The van der Waals surface area contributed by atoms with E-state index in [4.69, 9.17) is 5.73 Å². The van der Waals surface area contributed by atoms with Crippen molar-refractivity contribution < 1.29 is 9.50 Å². The lowest BCUT2D eigenvalue weighted by Crippen LogP contribution is -2.25. The van der Waals surface area contributed by atoms with Gasteiger partial charge in [0.1, 0.15) is 5.82 Å². The summed E-state index contributed by atoms with van der Waals surface area (Å²) in [4.78, 5) is 0. The van der Waals surface area contributed by atoms with Crippen LogP contribution in [-0.2, 0) is 0 Å². The lowest BCUT2D eigenvalue weighted by atomic mass is 9.99. The number of aliphatic hydroxyl groups excluding tert-OH is 1. The van der Waals surface area contributed by atoms with Gasteiger partial charge in [-0.25, -0.2) is 4.39 Å². The van der Waals surface area contributed by atoms with Crippen LogP contribution in [0.5, 0.6) is 0 Å². The predicted octanol–water partition coefficient (Wildman–Crippen LogP) is 1.90. The smallest absolute Gasteiger partial charge is 0.126 e. The molecule has 0 aliphatic carbocycles. The van der Waals surface area contributed by atoms with E-state index in [1.807, 2.05) is 6.92 Å². The van der Waals surface area contributed by atoms with Crippen molar-refractivity contribution in [3.05, 3.63) is 35.1 Å². The van der Waals surface area contributed by atoms with Crippen molar-refractivity contribution in [1.29, 1.82) is 0 Å². The van der Waals surface area contributed by atoms with Crippen LogP contribution in [0, 0.1) is 12.7 Å². The van der Waals surface area contributed by atoms with E-state index < -0.39 is 12.1 Å². The molecule has 2 atom stereocenters. The Bertz CT molecular complexity index is 314. The minimum Gasteiger partial charge on any atom is -0.391 e. The number of nitrogens with two attached hydrogens (primary N) is 1. The Kier molecular flexibility index (Phi) is 3.61. The van der Waals surface area contributed by atoms with Crippen molar-refractivity contribution in [1.82, 2.24) is 0 Å². The third-order valence-corrected chi connectivity index (χ3v) is 2.40. The Balaban J connectivity index is 2.91. The first-order chi connectivity index (χ1) is 6.56. The molecule has 3 N–H and O–H groups in total. The zero-order valence-corrected chi connectivity index (χ0v) is 8.50. The van der Waals surface area contributed by atoms with E-state index in [0.717, 1.165) is 5.56 Å². The molecule has 0 fully saturated rings. The first-order valence-corrected chi connectivity index (χ1v) is 4.76. The maximum absolute atomic E-state index is 12.9. The molecule has 0 aromatic heterocycles. The third kappa shape index (κ3) is 2.30. The van der Waals surface area contributed by atoms with Gasteiger partial charge in [0.25, 0.3) is 0 Å². The Morgan fingerprint density at radius 3 is 2.64 bits per heavy atom. The fourth-order valence-corrected chi connectivity index (χ4v) is 1.35. The molecule has 2 nitrogen and oxygen atoms in total. The number of halogens is 1. The molecular formula is C11H16FNO. The van der Waals surface area contributed by atoms with Crippen LogP contribution in [0.25, 0.3) is 0 Å². The van der Waals surface area contributed by atoms with E-state index in [0.29, 0.717) is 12.0 Å². The van der Waals surface area contributed by atoms with Gasteiger partial charge < -0.3 is 10.8 Å². The van der Waals surface area contributed by atoms with E-state index in [2.05, 4.69) is 0 Å². The van der Waals surface area contributed by atoms with E-state index in [1.54, 1.807) is 19.1 Å². The summed E-state index contributed by atoms with van der Waals surface area (Å²) >= 11 is 0. The average molecular weight is 197 g/mol. The molecule has 0 bridgehead atoms. The quantitative estimate of drug-likeness (QED) is 0.777. The Morgan fingerprint density at radius 1 is 1.50 bits per heavy atom. The van der Waals surface area contributed by atoms with Gasteiger partial charge in [0.05, 0.1) is 12.1 Å². The second-order valence-corrected chi connectivity index (χ2v) is 3.51. The summed E-state index contributed by atoms with van der Waals surface area (Å²) in [6.07, 6.45) is 0.0253. The van der Waals surface area contributed by atoms with E-state index in [1.165, 1.54) is 6.07 Å². The van der Waals surface area contributed by atoms with Crippen molar-refractivity contribution in [3.8, 4) is 0 Å². The molecule has 0 spiro atoms. The highest BCUT2D eigenvalue weighted by Gasteiger charge is 2.15. The summed E-state index contributed by atoms with van der Waals surface area (Å²) in [5.41, 5.74) is 7.13. The normalized spacial score (nSPS) is 15.2. The molecule has 0 heterocycles. The topological polar surface area (TPSA) is 46.2 Å². The van der Waals surface area contributed by atoms with Gasteiger partial charge in [0.2, 0.25) is 0 Å². The molecule has 3 heteroatoms. The lowest BCUT2D eigenvalue weighted by Gasteiger charge is -2.18. The average Bonchev–Trinajstić information content (AvgIpc) is 2.20. The van der Waals surface area contributed by atoms with Crippen LogP contribution in [0.15, 0.2) is 18.2 Å². The zero-order valence-electron chi connectivity index (χ0n) is 8.50. The summed E-state index contributed by atoms with van der Waals surface area (Å²) in [7, 11) is 0. The second kappa shape index (κ2) is 4.53. The maximum atomic E-state index is 12.9.